The number of benzene rings is 1. The molecule has 33 heavy (non-hydrogen) atoms. The van der Waals surface area contributed by atoms with Gasteiger partial charge in [0.1, 0.15) is 0 Å². The first-order valence-electron chi connectivity index (χ1n) is 12.0. The van der Waals surface area contributed by atoms with E-state index in [1.165, 1.54) is 12.8 Å². The highest BCUT2D eigenvalue weighted by molar-refractivity contribution is 5.90. The van der Waals surface area contributed by atoms with Gasteiger partial charge in [0, 0.05) is 56.7 Å². The van der Waals surface area contributed by atoms with Gasteiger partial charge in [0.15, 0.2) is 0 Å². The Morgan fingerprint density at radius 1 is 1.12 bits per heavy atom. The molecule has 2 saturated heterocycles. The Hall–Kier alpha value is -3.16. The molecule has 5 rings (SSSR count). The number of urea groups is 1. The molecule has 8 heteroatoms. The van der Waals surface area contributed by atoms with Crippen LogP contribution in [0.1, 0.15) is 31.2 Å². The van der Waals surface area contributed by atoms with Crippen molar-refractivity contribution >= 4 is 23.6 Å². The maximum Gasteiger partial charge on any atom is 0.321 e. The van der Waals surface area contributed by atoms with E-state index >= 15 is 0 Å². The number of carbonyl (C=O) groups is 2. The van der Waals surface area contributed by atoms with Crippen LogP contribution in [0.15, 0.2) is 42.7 Å². The van der Waals surface area contributed by atoms with Crippen molar-refractivity contribution in [3.8, 4) is 0 Å². The van der Waals surface area contributed by atoms with Gasteiger partial charge in [-0.05, 0) is 56.2 Å². The molecule has 8 nitrogen and oxygen atoms in total. The number of hydrogen-bond acceptors (Lipinski definition) is 5. The second-order valence-electron chi connectivity index (χ2n) is 9.73. The summed E-state index contributed by atoms with van der Waals surface area (Å²) in [5.41, 5.74) is 1.32. The lowest BCUT2D eigenvalue weighted by Crippen LogP contribution is -2.49. The Balaban J connectivity index is 1.36. The van der Waals surface area contributed by atoms with E-state index in [0.29, 0.717) is 38.0 Å². The van der Waals surface area contributed by atoms with Crippen LogP contribution in [0.4, 0.5) is 16.4 Å². The molecule has 2 N–H and O–H groups in total. The summed E-state index contributed by atoms with van der Waals surface area (Å²) in [5.74, 6) is 1.42. The fourth-order valence-electron chi connectivity index (χ4n) is 5.24. The Kier molecular flexibility index (Phi) is 5.91. The van der Waals surface area contributed by atoms with Gasteiger partial charge in [-0.1, -0.05) is 18.2 Å². The van der Waals surface area contributed by atoms with Crippen molar-refractivity contribution in [1.29, 1.82) is 0 Å². The van der Waals surface area contributed by atoms with Crippen LogP contribution in [0.3, 0.4) is 0 Å². The van der Waals surface area contributed by atoms with E-state index in [-0.39, 0.29) is 17.9 Å². The number of aryl methyl sites for hydroxylation is 1. The summed E-state index contributed by atoms with van der Waals surface area (Å²) >= 11 is 0. The van der Waals surface area contributed by atoms with Crippen molar-refractivity contribution in [2.75, 3.05) is 42.9 Å². The maximum absolute atomic E-state index is 13.6. The summed E-state index contributed by atoms with van der Waals surface area (Å²) in [6.07, 6.45) is 7.42. The molecular weight excluding hydrogens is 416 g/mol. The van der Waals surface area contributed by atoms with E-state index < -0.39 is 5.41 Å². The molecule has 174 valence electrons. The van der Waals surface area contributed by atoms with Crippen LogP contribution in [-0.4, -0.2) is 59.5 Å². The van der Waals surface area contributed by atoms with Crippen LogP contribution in [0.2, 0.25) is 0 Å². The predicted molar refractivity (Wildman–Crippen MR) is 127 cm³/mol. The zero-order valence-corrected chi connectivity index (χ0v) is 19.2. The molecule has 0 spiro atoms. The first-order chi connectivity index (χ1) is 16.0. The molecule has 3 aliphatic rings. The Labute approximate surface area is 194 Å². The second kappa shape index (κ2) is 9.00. The largest absolute Gasteiger partial charge is 0.355 e. The minimum absolute atomic E-state index is 0.0191. The number of para-hydroxylation sites is 1. The average molecular weight is 449 g/mol. The number of fused-ring (bicyclic) bond motifs is 1. The molecule has 3 amide bonds. The molecule has 2 aliphatic heterocycles. The van der Waals surface area contributed by atoms with E-state index in [1.54, 1.807) is 18.5 Å². The number of likely N-dealkylation sites (tertiary alicyclic amines) is 1. The van der Waals surface area contributed by atoms with Gasteiger partial charge in [-0.3, -0.25) is 4.79 Å². The average Bonchev–Trinajstić information content (AvgIpc) is 3.62. The van der Waals surface area contributed by atoms with E-state index in [4.69, 9.17) is 0 Å². The van der Waals surface area contributed by atoms with Gasteiger partial charge in [-0.2, -0.15) is 0 Å². The van der Waals surface area contributed by atoms with Crippen molar-refractivity contribution in [2.24, 2.45) is 17.3 Å². The highest BCUT2D eigenvalue weighted by Crippen LogP contribution is 2.44. The highest BCUT2D eigenvalue weighted by Gasteiger charge is 2.54. The molecule has 0 unspecified atom stereocenters. The molecule has 3 heterocycles. The van der Waals surface area contributed by atoms with Crippen LogP contribution in [0.25, 0.3) is 0 Å². The molecule has 1 aliphatic carbocycles. The number of rotatable bonds is 5. The number of amides is 3. The van der Waals surface area contributed by atoms with Gasteiger partial charge >= 0.3 is 6.03 Å². The first-order valence-corrected chi connectivity index (χ1v) is 12.0. The zero-order chi connectivity index (χ0) is 22.8. The Morgan fingerprint density at radius 2 is 1.91 bits per heavy atom. The highest BCUT2D eigenvalue weighted by atomic mass is 16.2. The topological polar surface area (TPSA) is 90.5 Å². The number of hydrogen-bond donors (Lipinski definition) is 2. The molecule has 0 bridgehead atoms. The third-order valence-electron chi connectivity index (χ3n) is 7.40. The minimum Gasteiger partial charge on any atom is -0.355 e. The summed E-state index contributed by atoms with van der Waals surface area (Å²) in [6, 6.07) is 9.49. The molecule has 2 atom stereocenters. The molecular formula is C25H32N6O2. The van der Waals surface area contributed by atoms with Gasteiger partial charge in [0.05, 0.1) is 5.41 Å². The van der Waals surface area contributed by atoms with Gasteiger partial charge < -0.3 is 20.4 Å². The fraction of sp³-hybridized carbons (Fsp3) is 0.520. The fourth-order valence-corrected chi connectivity index (χ4v) is 5.24. The van der Waals surface area contributed by atoms with Crippen LogP contribution in [0.5, 0.6) is 0 Å². The smallest absolute Gasteiger partial charge is 0.321 e. The number of nitrogens with one attached hydrogen (secondary N) is 2. The molecule has 0 radical (unpaired) electrons. The molecule has 1 aromatic carbocycles. The Bertz CT molecular complexity index is 1010. The van der Waals surface area contributed by atoms with Crippen LogP contribution >= 0.6 is 0 Å². The summed E-state index contributed by atoms with van der Waals surface area (Å²) in [7, 11) is 0. The lowest BCUT2D eigenvalue weighted by molar-refractivity contribution is -0.132. The van der Waals surface area contributed by atoms with Gasteiger partial charge in [-0.15, -0.1) is 0 Å². The van der Waals surface area contributed by atoms with E-state index in [1.807, 2.05) is 36.1 Å². The van der Waals surface area contributed by atoms with Crippen molar-refractivity contribution in [3.05, 3.63) is 48.3 Å². The quantitative estimate of drug-likeness (QED) is 0.734. The monoisotopic (exact) mass is 448 g/mol. The van der Waals surface area contributed by atoms with Crippen molar-refractivity contribution < 1.29 is 9.59 Å². The number of carbonyl (C=O) groups excluding carboxylic acids is 2. The molecule has 1 aromatic heterocycles. The van der Waals surface area contributed by atoms with E-state index in [0.717, 1.165) is 30.6 Å². The van der Waals surface area contributed by atoms with Gasteiger partial charge in [-0.25, -0.2) is 14.8 Å². The Morgan fingerprint density at radius 3 is 2.67 bits per heavy atom. The minimum atomic E-state index is -0.536. The van der Waals surface area contributed by atoms with Crippen molar-refractivity contribution in [2.45, 2.75) is 32.6 Å². The van der Waals surface area contributed by atoms with Crippen LogP contribution in [0, 0.1) is 24.2 Å². The SMILES string of the molecule is Cc1ccccc1NC(=O)N1CCC[C@@]2(C(=O)NCC3CC3)CN(c3ncccn3)C[C@H]2C1. The third-order valence-corrected chi connectivity index (χ3v) is 7.40. The number of anilines is 2. The summed E-state index contributed by atoms with van der Waals surface area (Å²) in [4.78, 5) is 39.6. The summed E-state index contributed by atoms with van der Waals surface area (Å²) < 4.78 is 0. The molecule has 2 aromatic rings. The number of nitrogens with zero attached hydrogens (tertiary/aromatic N) is 4. The molecule has 1 saturated carbocycles. The molecule has 3 fully saturated rings. The second-order valence-corrected chi connectivity index (χ2v) is 9.73. The van der Waals surface area contributed by atoms with Crippen LogP contribution < -0.4 is 15.5 Å². The summed E-state index contributed by atoms with van der Waals surface area (Å²) in [5, 5.41) is 6.31. The normalized spacial score (nSPS) is 24.7. The van der Waals surface area contributed by atoms with Gasteiger partial charge in [0.2, 0.25) is 11.9 Å². The standard InChI is InChI=1S/C25H32N6O2/c1-18-6-2-3-7-21(18)29-24(33)30-13-4-10-25(22(32)28-14-19-8-9-19)17-31(16-20(25)15-30)23-26-11-5-12-27-23/h2-3,5-7,11-12,19-20H,4,8-10,13-17H2,1H3,(H,28,32)(H,29,33)/t20-,25-/m1/s1. The number of aromatic nitrogens is 2. The lowest BCUT2D eigenvalue weighted by Gasteiger charge is -2.32. The predicted octanol–water partition coefficient (Wildman–Crippen LogP) is 3.06. The lowest BCUT2D eigenvalue weighted by atomic mass is 9.74. The maximum atomic E-state index is 13.6. The van der Waals surface area contributed by atoms with Crippen molar-refractivity contribution in [1.82, 2.24) is 20.2 Å². The van der Waals surface area contributed by atoms with E-state index in [2.05, 4.69) is 25.5 Å². The van der Waals surface area contributed by atoms with E-state index in [9.17, 15) is 9.59 Å². The summed E-state index contributed by atoms with van der Waals surface area (Å²) in [6.45, 7) is 5.18. The van der Waals surface area contributed by atoms with Gasteiger partial charge in [0.25, 0.3) is 0 Å². The first kappa shape index (κ1) is 21.7. The van der Waals surface area contributed by atoms with Crippen LogP contribution in [-0.2, 0) is 4.79 Å². The van der Waals surface area contributed by atoms with Crippen molar-refractivity contribution in [3.63, 3.8) is 0 Å². The zero-order valence-electron chi connectivity index (χ0n) is 19.2. The third kappa shape index (κ3) is 4.51.